The molecule has 2 fully saturated rings. The molecule has 1 aromatic rings. The molecular weight excluding hydrogens is 367 g/mol. The van der Waals surface area contributed by atoms with Crippen molar-refractivity contribution in [1.82, 2.24) is 4.90 Å². The van der Waals surface area contributed by atoms with Crippen LogP contribution in [0.1, 0.15) is 65.2 Å². The summed E-state index contributed by atoms with van der Waals surface area (Å²) in [6.07, 6.45) is 10.8. The molecule has 1 aromatic carbocycles. The highest BCUT2D eigenvalue weighted by molar-refractivity contribution is 5.97. The molecule has 0 radical (unpaired) electrons. The molecule has 0 aliphatic carbocycles. The van der Waals surface area contributed by atoms with Crippen LogP contribution < -0.4 is 9.64 Å². The highest BCUT2D eigenvalue weighted by Gasteiger charge is 2.41. The van der Waals surface area contributed by atoms with Gasteiger partial charge in [-0.15, -0.1) is 0 Å². The molecule has 0 saturated carbocycles. The van der Waals surface area contributed by atoms with Crippen molar-refractivity contribution in [2.24, 2.45) is 11.8 Å². The molecule has 3 aliphatic rings. The van der Waals surface area contributed by atoms with E-state index >= 15 is 0 Å². The summed E-state index contributed by atoms with van der Waals surface area (Å²) >= 11 is 0. The van der Waals surface area contributed by atoms with Gasteiger partial charge in [-0.05, 0) is 49.7 Å². The zero-order chi connectivity index (χ0) is 20.4. The number of benzene rings is 1. The maximum absolute atomic E-state index is 13.8. The minimum atomic E-state index is -0.331. The number of fused-ring (bicyclic) bond motifs is 3. The Bertz CT molecular complexity index is 711. The molecule has 2 saturated heterocycles. The van der Waals surface area contributed by atoms with Gasteiger partial charge in [-0.25, -0.2) is 4.39 Å². The fourth-order valence-corrected chi connectivity index (χ4v) is 5.71. The standard InChI is InChI=1S/C24H35FN2O2/c1-3-4-5-6-18-11-20-8-9-21(12-18)26(20)14-17(2)15-27-22-13-19(25)7-10-23(22)29-16-24(27)28/h7,10,13,17-18,20-21H,3-6,8-9,11-12,14-16H2,1-2H3/t17?,18?,20-,21?/m1/s1. The number of hydrogen-bond donors (Lipinski definition) is 0. The van der Waals surface area contributed by atoms with E-state index in [0.717, 1.165) is 12.5 Å². The molecule has 5 heteroatoms. The van der Waals surface area contributed by atoms with E-state index in [4.69, 9.17) is 4.74 Å². The van der Waals surface area contributed by atoms with Gasteiger partial charge in [0.25, 0.3) is 5.91 Å². The average molecular weight is 403 g/mol. The summed E-state index contributed by atoms with van der Waals surface area (Å²) in [5.74, 6) is 1.44. The van der Waals surface area contributed by atoms with Crippen molar-refractivity contribution >= 4 is 11.6 Å². The second kappa shape index (κ2) is 9.03. The van der Waals surface area contributed by atoms with Crippen molar-refractivity contribution in [3.8, 4) is 5.75 Å². The minimum absolute atomic E-state index is 0.0414. The normalized spacial score (nSPS) is 27.6. The van der Waals surface area contributed by atoms with Gasteiger partial charge in [-0.2, -0.15) is 0 Å². The van der Waals surface area contributed by atoms with Crippen LogP contribution in [0.3, 0.4) is 0 Å². The van der Waals surface area contributed by atoms with Gasteiger partial charge in [0.15, 0.2) is 6.61 Å². The van der Waals surface area contributed by atoms with Crippen LogP contribution in [0.2, 0.25) is 0 Å². The van der Waals surface area contributed by atoms with Crippen LogP contribution >= 0.6 is 0 Å². The lowest BCUT2D eigenvalue weighted by Gasteiger charge is -2.41. The summed E-state index contributed by atoms with van der Waals surface area (Å²) in [6.45, 7) is 6.18. The minimum Gasteiger partial charge on any atom is -0.482 e. The van der Waals surface area contributed by atoms with Crippen LogP contribution in [-0.2, 0) is 4.79 Å². The van der Waals surface area contributed by atoms with Crippen LogP contribution in [0.25, 0.3) is 0 Å². The number of halogens is 1. The second-order valence-electron chi connectivity index (χ2n) is 9.43. The maximum Gasteiger partial charge on any atom is 0.265 e. The molecule has 0 aromatic heterocycles. The third-order valence-corrected chi connectivity index (χ3v) is 7.08. The van der Waals surface area contributed by atoms with E-state index in [-0.39, 0.29) is 18.3 Å². The Hall–Kier alpha value is -1.62. The predicted octanol–water partition coefficient (Wildman–Crippen LogP) is 5.01. The summed E-state index contributed by atoms with van der Waals surface area (Å²) in [7, 11) is 0. The molecule has 2 bridgehead atoms. The number of ether oxygens (including phenoxy) is 1. The van der Waals surface area contributed by atoms with Crippen molar-refractivity contribution in [2.45, 2.75) is 77.3 Å². The SMILES string of the molecule is CCCCCC1CC2CC[C@H](C1)N2CC(C)CN1C(=O)COc2ccc(F)cc21. The van der Waals surface area contributed by atoms with Gasteiger partial charge in [0.05, 0.1) is 5.69 Å². The van der Waals surface area contributed by atoms with E-state index in [1.807, 2.05) is 0 Å². The lowest BCUT2D eigenvalue weighted by Crippen LogP contribution is -2.48. The maximum atomic E-state index is 13.8. The Morgan fingerprint density at radius 2 is 1.93 bits per heavy atom. The molecule has 0 N–H and O–H groups in total. The van der Waals surface area contributed by atoms with Gasteiger partial charge >= 0.3 is 0 Å². The van der Waals surface area contributed by atoms with Crippen molar-refractivity contribution in [3.63, 3.8) is 0 Å². The van der Waals surface area contributed by atoms with Crippen molar-refractivity contribution < 1.29 is 13.9 Å². The van der Waals surface area contributed by atoms with Gasteiger partial charge in [0.1, 0.15) is 11.6 Å². The zero-order valence-corrected chi connectivity index (χ0v) is 17.9. The van der Waals surface area contributed by atoms with E-state index in [0.29, 0.717) is 36.0 Å². The Balaban J connectivity index is 1.36. The smallest absolute Gasteiger partial charge is 0.265 e. The lowest BCUT2D eigenvalue weighted by atomic mass is 9.86. The molecule has 3 aliphatic heterocycles. The molecule has 4 rings (SSSR count). The highest BCUT2D eigenvalue weighted by atomic mass is 19.1. The quantitative estimate of drug-likeness (QED) is 0.573. The van der Waals surface area contributed by atoms with E-state index in [9.17, 15) is 9.18 Å². The molecule has 1 amide bonds. The monoisotopic (exact) mass is 402 g/mol. The zero-order valence-electron chi connectivity index (χ0n) is 17.9. The van der Waals surface area contributed by atoms with E-state index < -0.39 is 0 Å². The van der Waals surface area contributed by atoms with Gasteiger partial charge in [0, 0.05) is 31.2 Å². The third-order valence-electron chi connectivity index (χ3n) is 7.08. The number of nitrogens with zero attached hydrogens (tertiary/aromatic N) is 2. The predicted molar refractivity (Wildman–Crippen MR) is 114 cm³/mol. The summed E-state index contributed by atoms with van der Waals surface area (Å²) in [4.78, 5) is 16.9. The van der Waals surface area contributed by atoms with Crippen LogP contribution in [-0.4, -0.2) is 42.6 Å². The Labute approximate surface area is 174 Å². The van der Waals surface area contributed by atoms with Crippen LogP contribution in [0.15, 0.2) is 18.2 Å². The molecule has 0 spiro atoms. The van der Waals surface area contributed by atoms with Crippen molar-refractivity contribution in [1.29, 1.82) is 0 Å². The third kappa shape index (κ3) is 4.60. The van der Waals surface area contributed by atoms with Crippen LogP contribution in [0.4, 0.5) is 10.1 Å². The van der Waals surface area contributed by atoms with Gasteiger partial charge in [-0.1, -0.05) is 39.5 Å². The molecule has 160 valence electrons. The number of carbonyl (C=O) groups excluding carboxylic acids is 1. The van der Waals surface area contributed by atoms with Gasteiger partial charge < -0.3 is 9.64 Å². The van der Waals surface area contributed by atoms with Crippen LogP contribution in [0, 0.1) is 17.7 Å². The Morgan fingerprint density at radius 1 is 1.17 bits per heavy atom. The number of hydrogen-bond acceptors (Lipinski definition) is 3. The molecule has 3 unspecified atom stereocenters. The number of piperidine rings is 1. The summed E-state index contributed by atoms with van der Waals surface area (Å²) < 4.78 is 19.2. The number of carbonyl (C=O) groups is 1. The number of rotatable bonds is 8. The number of anilines is 1. The molecule has 3 heterocycles. The molecule has 4 atom stereocenters. The lowest BCUT2D eigenvalue weighted by molar-refractivity contribution is -0.121. The van der Waals surface area contributed by atoms with E-state index in [2.05, 4.69) is 18.7 Å². The average Bonchev–Trinajstić information content (AvgIpc) is 2.92. The van der Waals surface area contributed by atoms with Gasteiger partial charge in [-0.3, -0.25) is 9.69 Å². The summed E-state index contributed by atoms with van der Waals surface area (Å²) in [5, 5.41) is 0. The first-order valence-electron chi connectivity index (χ1n) is 11.5. The Morgan fingerprint density at radius 3 is 2.66 bits per heavy atom. The molecule has 4 nitrogen and oxygen atoms in total. The first kappa shape index (κ1) is 20.6. The van der Waals surface area contributed by atoms with E-state index in [1.54, 1.807) is 11.0 Å². The van der Waals surface area contributed by atoms with Gasteiger partial charge in [0.2, 0.25) is 0 Å². The fraction of sp³-hybridized carbons (Fsp3) is 0.708. The topological polar surface area (TPSA) is 32.8 Å². The van der Waals surface area contributed by atoms with E-state index in [1.165, 1.54) is 63.5 Å². The number of unbranched alkanes of at least 4 members (excludes halogenated alkanes) is 2. The Kier molecular flexibility index (Phi) is 6.43. The van der Waals surface area contributed by atoms with Crippen LogP contribution in [0.5, 0.6) is 5.75 Å². The van der Waals surface area contributed by atoms with Crippen molar-refractivity contribution in [2.75, 3.05) is 24.6 Å². The van der Waals surface area contributed by atoms with Crippen molar-refractivity contribution in [3.05, 3.63) is 24.0 Å². The molecular formula is C24H35FN2O2. The summed E-state index contributed by atoms with van der Waals surface area (Å²) in [5.41, 5.74) is 0.575. The first-order chi connectivity index (χ1) is 14.0. The largest absolute Gasteiger partial charge is 0.482 e. The number of amides is 1. The summed E-state index contributed by atoms with van der Waals surface area (Å²) in [6, 6.07) is 5.86. The second-order valence-corrected chi connectivity index (χ2v) is 9.43. The first-order valence-corrected chi connectivity index (χ1v) is 11.5. The molecule has 29 heavy (non-hydrogen) atoms. The fourth-order valence-electron chi connectivity index (χ4n) is 5.71. The highest BCUT2D eigenvalue weighted by Crippen LogP contribution is 2.41.